The van der Waals surface area contributed by atoms with Crippen molar-refractivity contribution in [2.45, 2.75) is 91.4 Å². The first-order valence-electron chi connectivity index (χ1n) is 39.4. The van der Waals surface area contributed by atoms with E-state index in [1.807, 2.05) is 73.3 Å². The highest BCUT2D eigenvalue weighted by Gasteiger charge is 2.17. The third-order valence-electron chi connectivity index (χ3n) is 15.8. The summed E-state index contributed by atoms with van der Waals surface area (Å²) in [6.07, 6.45) is 23.6. The molecule has 700 valence electrons. The highest BCUT2D eigenvalue weighted by Crippen LogP contribution is 2.11. The van der Waals surface area contributed by atoms with Gasteiger partial charge in [0.25, 0.3) is 0 Å². The van der Waals surface area contributed by atoms with Gasteiger partial charge in [-0.2, -0.15) is 0 Å². The normalized spacial score (nSPS) is 9.92. The molecule has 8 amide bonds. The number of quaternary nitrogens is 6. The van der Waals surface area contributed by atoms with Gasteiger partial charge in [-0.05, 0) is 50.3 Å². The number of benzene rings is 2. The molecular formula is C90H156Br5Cl3N16O8. The van der Waals surface area contributed by atoms with E-state index in [2.05, 4.69) is 266 Å². The molecule has 0 bridgehead atoms. The lowest BCUT2D eigenvalue weighted by atomic mass is 10.2. The predicted molar refractivity (Wildman–Crippen MR) is 471 cm³/mol. The average Bonchev–Trinajstić information content (AvgIpc) is 0.892. The summed E-state index contributed by atoms with van der Waals surface area (Å²) < 4.78 is 9.75. The summed E-state index contributed by atoms with van der Waals surface area (Å²) in [4.78, 5) is 87.1. The number of nitrogens with zero attached hydrogens (tertiary/aromatic N) is 8. The van der Waals surface area contributed by atoms with Gasteiger partial charge < -0.3 is 192 Å². The first kappa shape index (κ1) is 141. The molecule has 24 nitrogen and oxygen atoms in total. The van der Waals surface area contributed by atoms with Gasteiger partial charge in [-0.1, -0.05) is 125 Å². The van der Waals surface area contributed by atoms with Crippen LogP contribution in [0.2, 0.25) is 0 Å². The summed E-state index contributed by atoms with van der Waals surface area (Å²) in [7, 11) is 34.5. The second-order valence-corrected chi connectivity index (χ2v) is 32.8. The summed E-state index contributed by atoms with van der Waals surface area (Å²) >= 11 is 0. The van der Waals surface area contributed by atoms with Crippen LogP contribution in [0, 0.1) is 0 Å². The Labute approximate surface area is 808 Å². The topological polar surface area (TPSA) is 241 Å². The number of rotatable bonds is 44. The van der Waals surface area contributed by atoms with E-state index in [0.29, 0.717) is 37.3 Å². The fourth-order valence-electron chi connectivity index (χ4n) is 9.64. The van der Waals surface area contributed by atoms with E-state index in [-0.39, 0.29) is 169 Å². The van der Waals surface area contributed by atoms with Gasteiger partial charge in [-0.3, -0.25) is 38.4 Å². The Hall–Kier alpha value is -6.55. The van der Waals surface area contributed by atoms with Gasteiger partial charge in [-0.25, -0.2) is 9.13 Å². The molecule has 0 saturated heterocycles. The molecule has 2 aromatic carbocycles. The van der Waals surface area contributed by atoms with E-state index in [1.165, 1.54) is 47.6 Å². The fraction of sp³-hybridized carbons (Fsp3) is 0.489. The highest BCUT2D eigenvalue weighted by molar-refractivity contribution is 5.92. The number of aromatic nitrogens is 2. The Morgan fingerprint density at radius 3 is 0.656 bits per heavy atom. The van der Waals surface area contributed by atoms with Gasteiger partial charge in [0.1, 0.15) is 26.2 Å². The van der Waals surface area contributed by atoms with Crippen molar-refractivity contribution in [1.29, 1.82) is 0 Å². The van der Waals surface area contributed by atoms with Gasteiger partial charge in [0.15, 0.2) is 24.8 Å². The predicted octanol–water partition coefficient (Wildman–Crippen LogP) is -16.4. The molecule has 8 N–H and O–H groups in total. The molecule has 0 unspecified atom stereocenters. The second kappa shape index (κ2) is 85.3. The van der Waals surface area contributed by atoms with Gasteiger partial charge in [-0.15, -0.1) is 0 Å². The molecule has 0 atom stereocenters. The van der Waals surface area contributed by atoms with Crippen LogP contribution in [0.25, 0.3) is 0 Å². The molecule has 4 aromatic rings. The maximum absolute atomic E-state index is 11.1. The SMILES string of the molecule is C=C(C)C(=O)NCCC[N+](C)(C)C.C=C(C)C(=O)NCCC[N+](C)(C)C.C=CC(=O)NCCC[N+](C)(C)C.C=CC(=O)NCCC[N+](C)(C)C.C=CC(=O)NCCC[N+](C)(C)Cc1ccccc1.C=CC(=O)NCCC[N+](C)(C)Cc1ccccc1.C=CC(=O)NCCC[n+]1ccccc1.C=CC(=O)NCCC[n+]1ccccc1.[Br-].[Br-].[Br-].[Br-].[Br-].[Cl-].[Cl-].[Cl-]. The molecular weight excluding hydrogens is 1940 g/mol. The van der Waals surface area contributed by atoms with Crippen LogP contribution in [0.1, 0.15) is 76.3 Å². The average molecular weight is 2100 g/mol. The Balaban J connectivity index is -0.000000113. The Morgan fingerprint density at radius 1 is 0.287 bits per heavy atom. The zero-order valence-electron chi connectivity index (χ0n) is 76.9. The van der Waals surface area contributed by atoms with Crippen LogP contribution >= 0.6 is 0 Å². The molecule has 0 saturated carbocycles. The lowest BCUT2D eigenvalue weighted by Gasteiger charge is -2.30. The van der Waals surface area contributed by atoms with Crippen molar-refractivity contribution in [2.75, 3.05) is 204 Å². The zero-order valence-corrected chi connectivity index (χ0v) is 87.1. The molecule has 0 aliphatic carbocycles. The minimum Gasteiger partial charge on any atom is -1.00 e. The number of carbonyl (C=O) groups excluding carboxylic acids is 8. The third kappa shape index (κ3) is 104. The highest BCUT2D eigenvalue weighted by atomic mass is 79.9. The van der Waals surface area contributed by atoms with Gasteiger partial charge >= 0.3 is 0 Å². The van der Waals surface area contributed by atoms with Crippen molar-refractivity contribution in [2.24, 2.45) is 0 Å². The quantitative estimate of drug-likeness (QED) is 0.00915. The molecule has 0 fully saturated rings. The summed E-state index contributed by atoms with van der Waals surface area (Å²) in [6.45, 7) is 46.9. The van der Waals surface area contributed by atoms with Crippen LogP contribution in [0.5, 0.6) is 0 Å². The van der Waals surface area contributed by atoms with E-state index in [1.54, 1.807) is 13.8 Å². The molecule has 2 heterocycles. The number of nitrogens with one attached hydrogen (secondary N) is 8. The monoisotopic (exact) mass is 2090 g/mol. The lowest BCUT2D eigenvalue weighted by molar-refractivity contribution is -0.903. The number of halogens is 8. The number of hydrogen-bond acceptors (Lipinski definition) is 8. The van der Waals surface area contributed by atoms with Gasteiger partial charge in [0, 0.05) is 150 Å². The Morgan fingerprint density at radius 2 is 0.467 bits per heavy atom. The molecule has 0 spiro atoms. The molecule has 0 radical (unpaired) electrons. The van der Waals surface area contributed by atoms with Gasteiger partial charge in [0.05, 0.1) is 152 Å². The first-order chi connectivity index (χ1) is 53.3. The van der Waals surface area contributed by atoms with Crippen LogP contribution in [0.15, 0.2) is 222 Å². The summed E-state index contributed by atoms with van der Waals surface area (Å²) in [5.74, 6) is -0.659. The van der Waals surface area contributed by atoms with Crippen molar-refractivity contribution >= 4 is 47.3 Å². The van der Waals surface area contributed by atoms with Crippen LogP contribution in [0.3, 0.4) is 0 Å². The zero-order chi connectivity index (χ0) is 87.5. The molecule has 32 heteroatoms. The van der Waals surface area contributed by atoms with Crippen molar-refractivity contribution in [3.63, 3.8) is 0 Å². The number of carbonyl (C=O) groups is 8. The number of hydrogen-bond donors (Lipinski definition) is 8. The number of amides is 8. The number of aryl methyl sites for hydroxylation is 2. The van der Waals surface area contributed by atoms with Crippen molar-refractivity contribution in [1.82, 2.24) is 42.5 Å². The summed E-state index contributed by atoms with van der Waals surface area (Å²) in [5, 5.41) is 22.2. The maximum atomic E-state index is 11.1. The molecule has 0 aliphatic heterocycles. The second-order valence-electron chi connectivity index (χ2n) is 32.8. The minimum absolute atomic E-state index is 0. The van der Waals surface area contributed by atoms with Crippen molar-refractivity contribution < 1.29 is 197 Å². The third-order valence-corrected chi connectivity index (χ3v) is 15.8. The standard InChI is InChI=1S/2C15H22N2O.2C11H14N2O.2C10H20N2O.2C9H18N2O.5BrH.3ClH/c2*1-4-15(18)16-11-8-12-17(2,3)13-14-9-6-5-7-10-14;2*1-2-11(14)12-7-6-10-13-8-4-3-5-9-13;2*1-9(2)10(13)11-7-6-8-12(3,4)5;2*1-5-9(12)10-7-6-8-11(2,3)4;;;;;;;;/h2*4-7,9-10H,1,8,11-13H2,2-3H3;2*2-5,8-9H,1,6-7,10H2;2*1,6-8H2,2-5H3;2*5H,1,6-8H2,2-4H3;8*1H. The molecule has 2 aromatic heterocycles. The summed E-state index contributed by atoms with van der Waals surface area (Å²) in [6, 6.07) is 32.9. The van der Waals surface area contributed by atoms with Crippen LogP contribution in [-0.2, 0) is 64.5 Å². The molecule has 0 aliphatic rings. The maximum Gasteiger partial charge on any atom is 0.246 e. The fourth-order valence-corrected chi connectivity index (χ4v) is 9.64. The smallest absolute Gasteiger partial charge is 0.246 e. The van der Waals surface area contributed by atoms with Crippen LogP contribution in [0.4, 0.5) is 0 Å². The van der Waals surface area contributed by atoms with E-state index < -0.39 is 0 Å². The lowest BCUT2D eigenvalue weighted by Crippen LogP contribution is -3.00. The molecule has 4 rings (SSSR count). The van der Waals surface area contributed by atoms with E-state index in [9.17, 15) is 38.4 Å². The molecule has 122 heavy (non-hydrogen) atoms. The van der Waals surface area contributed by atoms with Crippen molar-refractivity contribution in [3.8, 4) is 0 Å². The Kier molecular flexibility index (Phi) is 98.7. The van der Waals surface area contributed by atoms with Crippen LogP contribution in [-0.4, -0.2) is 279 Å². The Bertz CT molecular complexity index is 3200. The minimum atomic E-state index is -0.108. The van der Waals surface area contributed by atoms with Gasteiger partial charge in [0.2, 0.25) is 47.3 Å². The summed E-state index contributed by atoms with van der Waals surface area (Å²) in [5.41, 5.74) is 3.84. The van der Waals surface area contributed by atoms with Crippen LogP contribution < -0.4 is 174 Å². The van der Waals surface area contributed by atoms with E-state index in [4.69, 9.17) is 0 Å². The largest absolute Gasteiger partial charge is 1.00 e. The van der Waals surface area contributed by atoms with Crippen molar-refractivity contribution in [3.05, 3.63) is 233 Å². The van der Waals surface area contributed by atoms with E-state index >= 15 is 0 Å². The van der Waals surface area contributed by atoms with E-state index in [0.717, 1.165) is 170 Å². The number of pyridine rings is 2. The first-order valence-corrected chi connectivity index (χ1v) is 39.4.